The summed E-state index contributed by atoms with van der Waals surface area (Å²) in [5.74, 6) is -2.36. The molecule has 0 amide bonds. The highest BCUT2D eigenvalue weighted by molar-refractivity contribution is 7.12. The second-order valence-electron chi connectivity index (χ2n) is 4.00. The number of halogens is 3. The summed E-state index contributed by atoms with van der Waals surface area (Å²) >= 11 is 6.84. The predicted octanol–water partition coefficient (Wildman–Crippen LogP) is 3.55. The highest BCUT2D eigenvalue weighted by atomic mass is 35.5. The summed E-state index contributed by atoms with van der Waals surface area (Å²) in [6, 6.07) is 1.64. The van der Waals surface area contributed by atoms with Crippen molar-refractivity contribution in [1.29, 1.82) is 0 Å². The van der Waals surface area contributed by atoms with Crippen LogP contribution in [0.2, 0.25) is 5.02 Å². The Morgan fingerprint density at radius 3 is 2.75 bits per heavy atom. The fourth-order valence-electron chi connectivity index (χ4n) is 1.72. The summed E-state index contributed by atoms with van der Waals surface area (Å²) < 4.78 is 35.3. The molecule has 0 bridgehead atoms. The Morgan fingerprint density at radius 1 is 1.30 bits per heavy atom. The average Bonchev–Trinajstić information content (AvgIpc) is 2.76. The third-order valence-corrected chi connectivity index (χ3v) is 3.83. The van der Waals surface area contributed by atoms with E-state index in [4.69, 9.17) is 16.0 Å². The largest absolute Gasteiger partial charge is 0.403 e. The molecule has 0 spiro atoms. The molecule has 0 atom stereocenters. The highest BCUT2D eigenvalue weighted by Gasteiger charge is 2.17. The molecule has 0 radical (unpaired) electrons. The number of aryl methyl sites for hydroxylation is 1. The average molecular weight is 315 g/mol. The fraction of sp³-hybridized carbons (Fsp3) is 0.0833. The molecule has 4 nitrogen and oxygen atoms in total. The van der Waals surface area contributed by atoms with Crippen molar-refractivity contribution in [3.05, 3.63) is 44.9 Å². The minimum Gasteiger partial charge on any atom is -0.403 e. The van der Waals surface area contributed by atoms with Crippen molar-refractivity contribution in [2.75, 3.05) is 0 Å². The molecule has 20 heavy (non-hydrogen) atoms. The molecule has 0 N–H and O–H groups in total. The third kappa shape index (κ3) is 1.99. The van der Waals surface area contributed by atoms with Crippen LogP contribution in [-0.2, 0) is 0 Å². The smallest absolute Gasteiger partial charge is 0.349 e. The van der Waals surface area contributed by atoms with Gasteiger partial charge in [-0.25, -0.2) is 13.6 Å². The van der Waals surface area contributed by atoms with Crippen molar-refractivity contribution in [2.24, 2.45) is 0 Å². The van der Waals surface area contributed by atoms with Crippen LogP contribution in [0, 0.1) is 18.6 Å². The van der Waals surface area contributed by atoms with Gasteiger partial charge >= 0.3 is 5.63 Å². The van der Waals surface area contributed by atoms with E-state index in [1.54, 1.807) is 6.92 Å². The summed E-state index contributed by atoms with van der Waals surface area (Å²) in [4.78, 5) is 16.3. The Labute approximate surface area is 119 Å². The van der Waals surface area contributed by atoms with Gasteiger partial charge in [-0.2, -0.15) is 9.36 Å². The van der Waals surface area contributed by atoms with Crippen LogP contribution in [-0.4, -0.2) is 9.36 Å². The van der Waals surface area contributed by atoms with E-state index in [-0.39, 0.29) is 21.9 Å². The van der Waals surface area contributed by atoms with Crippen LogP contribution in [0.25, 0.3) is 21.7 Å². The minimum absolute atomic E-state index is 0.00983. The number of aromatic nitrogens is 2. The lowest BCUT2D eigenvalue weighted by Crippen LogP contribution is -2.03. The van der Waals surface area contributed by atoms with Crippen molar-refractivity contribution < 1.29 is 13.2 Å². The van der Waals surface area contributed by atoms with Gasteiger partial charge in [0, 0.05) is 0 Å². The van der Waals surface area contributed by atoms with Gasteiger partial charge in [-0.15, -0.1) is 0 Å². The maximum absolute atomic E-state index is 13.3. The molecule has 1 aromatic carbocycles. The van der Waals surface area contributed by atoms with Crippen LogP contribution in [0.15, 0.2) is 21.3 Å². The van der Waals surface area contributed by atoms with Crippen LogP contribution in [0.3, 0.4) is 0 Å². The summed E-state index contributed by atoms with van der Waals surface area (Å²) in [6.45, 7) is 1.65. The van der Waals surface area contributed by atoms with E-state index in [0.29, 0.717) is 10.5 Å². The summed E-state index contributed by atoms with van der Waals surface area (Å²) in [7, 11) is 0. The molecule has 0 aliphatic heterocycles. The molecule has 0 fully saturated rings. The van der Waals surface area contributed by atoms with Gasteiger partial charge in [-0.3, -0.25) is 0 Å². The van der Waals surface area contributed by atoms with Crippen LogP contribution < -0.4 is 5.63 Å². The molecule has 0 saturated heterocycles. The van der Waals surface area contributed by atoms with E-state index in [1.807, 2.05) is 0 Å². The first-order valence-corrected chi connectivity index (χ1v) is 6.54. The summed E-state index contributed by atoms with van der Waals surface area (Å²) in [5, 5.41) is 0.178. The van der Waals surface area contributed by atoms with Crippen LogP contribution in [0.5, 0.6) is 0 Å². The van der Waals surface area contributed by atoms with Crippen molar-refractivity contribution >= 4 is 33.4 Å². The molecule has 3 aromatic rings. The van der Waals surface area contributed by atoms with Crippen LogP contribution >= 0.6 is 23.1 Å². The Bertz CT molecular complexity index is 891. The number of benzene rings is 1. The molecule has 0 aliphatic rings. The topological polar surface area (TPSA) is 56.0 Å². The first-order chi connectivity index (χ1) is 9.47. The van der Waals surface area contributed by atoms with Crippen LogP contribution in [0.1, 0.15) is 5.69 Å². The van der Waals surface area contributed by atoms with E-state index in [0.717, 1.165) is 23.7 Å². The second-order valence-corrected chi connectivity index (χ2v) is 5.16. The normalized spacial score (nSPS) is 11.2. The zero-order chi connectivity index (χ0) is 14.4. The van der Waals surface area contributed by atoms with Gasteiger partial charge in [0.15, 0.2) is 16.5 Å². The molecule has 2 aromatic heterocycles. The van der Waals surface area contributed by atoms with Gasteiger partial charge < -0.3 is 4.42 Å². The van der Waals surface area contributed by atoms with E-state index in [9.17, 15) is 13.6 Å². The molecule has 0 saturated carbocycles. The SMILES string of the molecule is Cc1nsc2nc(-c3cc(F)c(F)cc3Cl)oc(=O)c12. The van der Waals surface area contributed by atoms with Gasteiger partial charge in [0.2, 0.25) is 5.89 Å². The van der Waals surface area contributed by atoms with E-state index >= 15 is 0 Å². The molecule has 102 valence electrons. The Balaban J connectivity index is 2.30. The molecule has 0 aliphatic carbocycles. The van der Waals surface area contributed by atoms with Crippen molar-refractivity contribution in [1.82, 2.24) is 9.36 Å². The molecular weight excluding hydrogens is 310 g/mol. The van der Waals surface area contributed by atoms with Gasteiger partial charge in [-0.1, -0.05) is 11.6 Å². The second kappa shape index (κ2) is 4.60. The standard InChI is InChI=1S/C12H5ClF2N2O2S/c1-4-9-11(20-17-4)16-10(19-12(9)18)5-2-7(14)8(15)3-6(5)13/h2-3H,1H3. The quantitative estimate of drug-likeness (QED) is 0.645. The van der Waals surface area contributed by atoms with Gasteiger partial charge in [0.25, 0.3) is 0 Å². The first kappa shape index (κ1) is 13.1. The Kier molecular flexibility index (Phi) is 3.02. The Morgan fingerprint density at radius 2 is 2.00 bits per heavy atom. The van der Waals surface area contributed by atoms with E-state index < -0.39 is 17.3 Å². The zero-order valence-corrected chi connectivity index (χ0v) is 11.5. The van der Waals surface area contributed by atoms with Gasteiger partial charge in [-0.05, 0) is 30.6 Å². The zero-order valence-electron chi connectivity index (χ0n) is 9.91. The van der Waals surface area contributed by atoms with Crippen LogP contribution in [0.4, 0.5) is 8.78 Å². The molecule has 2 heterocycles. The number of hydrogen-bond donors (Lipinski definition) is 0. The van der Waals surface area contributed by atoms with Crippen molar-refractivity contribution in [3.63, 3.8) is 0 Å². The van der Waals surface area contributed by atoms with E-state index in [1.165, 1.54) is 0 Å². The van der Waals surface area contributed by atoms with E-state index in [2.05, 4.69) is 9.36 Å². The molecular formula is C12H5ClF2N2O2S. The highest BCUT2D eigenvalue weighted by Crippen LogP contribution is 2.29. The maximum atomic E-state index is 13.3. The number of fused-ring (bicyclic) bond motifs is 1. The minimum atomic E-state index is -1.10. The maximum Gasteiger partial charge on any atom is 0.349 e. The fourth-order valence-corrected chi connectivity index (χ4v) is 2.72. The predicted molar refractivity (Wildman–Crippen MR) is 71.0 cm³/mol. The lowest BCUT2D eigenvalue weighted by atomic mass is 10.2. The molecule has 3 rings (SSSR count). The molecule has 0 unspecified atom stereocenters. The number of rotatable bonds is 1. The van der Waals surface area contributed by atoms with Gasteiger partial charge in [0.05, 0.1) is 16.3 Å². The van der Waals surface area contributed by atoms with Gasteiger partial charge in [0.1, 0.15) is 5.39 Å². The monoisotopic (exact) mass is 314 g/mol. The number of nitrogens with zero attached hydrogens (tertiary/aromatic N) is 2. The first-order valence-electron chi connectivity index (χ1n) is 5.39. The number of hydrogen-bond acceptors (Lipinski definition) is 5. The van der Waals surface area contributed by atoms with Crippen molar-refractivity contribution in [2.45, 2.75) is 6.92 Å². The summed E-state index contributed by atoms with van der Waals surface area (Å²) in [5.41, 5.74) is -0.123. The summed E-state index contributed by atoms with van der Waals surface area (Å²) in [6.07, 6.45) is 0. The van der Waals surface area contributed by atoms with Crippen molar-refractivity contribution in [3.8, 4) is 11.5 Å². The third-order valence-electron chi connectivity index (χ3n) is 2.68. The Hall–Kier alpha value is -1.86. The lowest BCUT2D eigenvalue weighted by Gasteiger charge is -2.03. The molecule has 8 heteroatoms. The lowest BCUT2D eigenvalue weighted by molar-refractivity contribution is 0.502.